The van der Waals surface area contributed by atoms with Crippen LogP contribution < -0.4 is 10.1 Å². The number of anilines is 1. The number of amides is 1. The Kier molecular flexibility index (Phi) is 3.35. The monoisotopic (exact) mass is 345 g/mol. The van der Waals surface area contributed by atoms with Gasteiger partial charge in [-0.05, 0) is 31.0 Å². The average molecular weight is 345 g/mol. The molecular formula is C21H19N3O2. The molecule has 2 atom stereocenters. The second kappa shape index (κ2) is 5.73. The normalized spacial score (nSPS) is 23.2. The molecule has 1 spiro atoms. The van der Waals surface area contributed by atoms with Crippen LogP contribution in [0.15, 0.2) is 67.3 Å². The Labute approximate surface area is 151 Å². The average Bonchev–Trinajstić information content (AvgIpc) is 3.13. The molecule has 5 heteroatoms. The summed E-state index contributed by atoms with van der Waals surface area (Å²) in [7, 11) is 0. The van der Waals surface area contributed by atoms with Crippen molar-refractivity contribution >= 4 is 11.6 Å². The van der Waals surface area contributed by atoms with E-state index in [9.17, 15) is 4.79 Å². The lowest BCUT2D eigenvalue weighted by Gasteiger charge is -2.26. The molecule has 1 amide bonds. The van der Waals surface area contributed by atoms with Gasteiger partial charge in [-0.1, -0.05) is 30.3 Å². The Morgan fingerprint density at radius 3 is 2.92 bits per heavy atom. The number of nitrogens with zero attached hydrogens (tertiary/aromatic N) is 2. The van der Waals surface area contributed by atoms with Crippen LogP contribution in [0.4, 0.5) is 5.69 Å². The fraction of sp³-hybridized carbons (Fsp3) is 0.238. The van der Waals surface area contributed by atoms with Crippen molar-refractivity contribution in [3.63, 3.8) is 0 Å². The number of carbonyl (C=O) groups excluding carboxylic acids is 1. The van der Waals surface area contributed by atoms with E-state index in [0.29, 0.717) is 6.61 Å². The van der Waals surface area contributed by atoms with Crippen molar-refractivity contribution < 1.29 is 9.53 Å². The molecule has 1 saturated carbocycles. The van der Waals surface area contributed by atoms with Crippen molar-refractivity contribution in [2.24, 2.45) is 5.92 Å². The van der Waals surface area contributed by atoms with Gasteiger partial charge in [0.2, 0.25) is 5.91 Å². The van der Waals surface area contributed by atoms with Crippen LogP contribution >= 0.6 is 0 Å². The first-order chi connectivity index (χ1) is 12.8. The third kappa shape index (κ3) is 2.31. The SMILES string of the molecule is O=C(Nc1ccccc1-n1ccnc1)[C@@H]1C[C@]12CCOc1ccccc12. The Hall–Kier alpha value is -3.08. The highest BCUT2D eigenvalue weighted by Gasteiger charge is 2.61. The van der Waals surface area contributed by atoms with Gasteiger partial charge in [0, 0.05) is 29.3 Å². The van der Waals surface area contributed by atoms with Crippen molar-refractivity contribution in [3.05, 3.63) is 72.8 Å². The van der Waals surface area contributed by atoms with Crippen molar-refractivity contribution in [2.75, 3.05) is 11.9 Å². The first kappa shape index (κ1) is 15.2. The lowest BCUT2D eigenvalue weighted by molar-refractivity contribution is -0.117. The van der Waals surface area contributed by atoms with Crippen LogP contribution in [0.3, 0.4) is 0 Å². The molecule has 5 rings (SSSR count). The number of nitrogens with one attached hydrogen (secondary N) is 1. The predicted molar refractivity (Wildman–Crippen MR) is 98.5 cm³/mol. The molecule has 130 valence electrons. The zero-order chi connectivity index (χ0) is 17.6. The Morgan fingerprint density at radius 2 is 2.04 bits per heavy atom. The van der Waals surface area contributed by atoms with Gasteiger partial charge in [0.25, 0.3) is 0 Å². The van der Waals surface area contributed by atoms with Gasteiger partial charge >= 0.3 is 0 Å². The number of hydrogen-bond acceptors (Lipinski definition) is 3. The first-order valence-electron chi connectivity index (χ1n) is 8.88. The van der Waals surface area contributed by atoms with Crippen LogP contribution in [0, 0.1) is 5.92 Å². The largest absolute Gasteiger partial charge is 0.493 e. The zero-order valence-corrected chi connectivity index (χ0v) is 14.3. The highest BCUT2D eigenvalue weighted by molar-refractivity contribution is 5.97. The molecule has 0 saturated heterocycles. The summed E-state index contributed by atoms with van der Waals surface area (Å²) in [5.74, 6) is 0.991. The maximum atomic E-state index is 13.0. The Bertz CT molecular complexity index is 967. The summed E-state index contributed by atoms with van der Waals surface area (Å²) >= 11 is 0. The molecule has 3 aromatic rings. The van der Waals surface area contributed by atoms with E-state index < -0.39 is 0 Å². The lowest BCUT2D eigenvalue weighted by Crippen LogP contribution is -2.26. The van der Waals surface area contributed by atoms with Gasteiger partial charge in [-0.3, -0.25) is 4.79 Å². The summed E-state index contributed by atoms with van der Waals surface area (Å²) in [6.07, 6.45) is 7.11. The van der Waals surface area contributed by atoms with Crippen LogP contribution in [0.25, 0.3) is 5.69 Å². The topological polar surface area (TPSA) is 56.2 Å². The summed E-state index contributed by atoms with van der Waals surface area (Å²) < 4.78 is 7.68. The molecule has 2 aromatic carbocycles. The number of fused-ring (bicyclic) bond motifs is 2. The van der Waals surface area contributed by atoms with E-state index in [1.165, 1.54) is 5.56 Å². The molecule has 1 aromatic heterocycles. The molecule has 0 unspecified atom stereocenters. The molecular weight excluding hydrogens is 326 g/mol. The van der Waals surface area contributed by atoms with Crippen molar-refractivity contribution in [3.8, 4) is 11.4 Å². The van der Waals surface area contributed by atoms with E-state index in [1.54, 1.807) is 12.5 Å². The molecule has 5 nitrogen and oxygen atoms in total. The molecule has 0 bridgehead atoms. The molecule has 1 fully saturated rings. The Morgan fingerprint density at radius 1 is 1.19 bits per heavy atom. The number of hydrogen-bond donors (Lipinski definition) is 1. The van der Waals surface area contributed by atoms with Gasteiger partial charge in [-0.15, -0.1) is 0 Å². The molecule has 26 heavy (non-hydrogen) atoms. The summed E-state index contributed by atoms with van der Waals surface area (Å²) in [6.45, 7) is 0.673. The number of rotatable bonds is 3. The van der Waals surface area contributed by atoms with E-state index in [0.717, 1.165) is 30.0 Å². The van der Waals surface area contributed by atoms with E-state index in [1.807, 2.05) is 53.2 Å². The van der Waals surface area contributed by atoms with Gasteiger partial charge in [-0.2, -0.15) is 0 Å². The third-order valence-corrected chi connectivity index (χ3v) is 5.57. The second-order valence-corrected chi connectivity index (χ2v) is 6.98. The first-order valence-corrected chi connectivity index (χ1v) is 8.88. The van der Waals surface area contributed by atoms with E-state index in [-0.39, 0.29) is 17.2 Å². The number of benzene rings is 2. The molecule has 1 aliphatic heterocycles. The van der Waals surface area contributed by atoms with E-state index >= 15 is 0 Å². The minimum absolute atomic E-state index is 0.0107. The fourth-order valence-electron chi connectivity index (χ4n) is 4.13. The summed E-state index contributed by atoms with van der Waals surface area (Å²) in [5.41, 5.74) is 2.83. The highest BCUT2D eigenvalue weighted by atomic mass is 16.5. The minimum Gasteiger partial charge on any atom is -0.493 e. The van der Waals surface area contributed by atoms with Crippen molar-refractivity contribution in [1.29, 1.82) is 0 Å². The maximum Gasteiger partial charge on any atom is 0.228 e. The number of para-hydroxylation sites is 3. The molecule has 0 radical (unpaired) electrons. The molecule has 2 heterocycles. The number of ether oxygens (including phenoxy) is 1. The summed E-state index contributed by atoms with van der Waals surface area (Å²) in [5, 5.41) is 3.13. The zero-order valence-electron chi connectivity index (χ0n) is 14.3. The van der Waals surface area contributed by atoms with Crippen molar-refractivity contribution in [2.45, 2.75) is 18.3 Å². The summed E-state index contributed by atoms with van der Waals surface area (Å²) in [4.78, 5) is 17.1. The highest BCUT2D eigenvalue weighted by Crippen LogP contribution is 2.60. The van der Waals surface area contributed by atoms with Gasteiger partial charge in [-0.25, -0.2) is 4.98 Å². The second-order valence-electron chi connectivity index (χ2n) is 6.98. The number of imidazole rings is 1. The predicted octanol–water partition coefficient (Wildman–Crippen LogP) is 3.55. The van der Waals surface area contributed by atoms with Gasteiger partial charge < -0.3 is 14.6 Å². The van der Waals surface area contributed by atoms with Gasteiger partial charge in [0.1, 0.15) is 5.75 Å². The fourth-order valence-corrected chi connectivity index (χ4v) is 4.13. The smallest absolute Gasteiger partial charge is 0.228 e. The van der Waals surface area contributed by atoms with E-state index in [4.69, 9.17) is 4.74 Å². The van der Waals surface area contributed by atoms with Crippen LogP contribution in [-0.2, 0) is 10.2 Å². The Balaban J connectivity index is 1.41. The lowest BCUT2D eigenvalue weighted by atomic mass is 9.87. The number of carbonyl (C=O) groups is 1. The van der Waals surface area contributed by atoms with Gasteiger partial charge in [0.05, 0.1) is 24.3 Å². The number of aromatic nitrogens is 2. The van der Waals surface area contributed by atoms with E-state index in [2.05, 4.69) is 16.4 Å². The van der Waals surface area contributed by atoms with Crippen LogP contribution in [0.1, 0.15) is 18.4 Å². The molecule has 1 aliphatic carbocycles. The van der Waals surface area contributed by atoms with Gasteiger partial charge in [0.15, 0.2) is 0 Å². The molecule has 2 aliphatic rings. The summed E-state index contributed by atoms with van der Waals surface area (Å²) in [6, 6.07) is 15.9. The maximum absolute atomic E-state index is 13.0. The third-order valence-electron chi connectivity index (χ3n) is 5.57. The van der Waals surface area contributed by atoms with Crippen LogP contribution in [0.2, 0.25) is 0 Å². The quantitative estimate of drug-likeness (QED) is 0.790. The van der Waals surface area contributed by atoms with Crippen LogP contribution in [-0.4, -0.2) is 22.1 Å². The van der Waals surface area contributed by atoms with Crippen LogP contribution in [0.5, 0.6) is 5.75 Å². The standard InChI is InChI=1S/C21H19N3O2/c25-20(23-17-6-2-3-7-18(17)24-11-10-22-14-24)16-13-21(16)9-12-26-19-8-4-1-5-15(19)21/h1-8,10-11,14,16H,9,12-13H2,(H,23,25)/t16-,21-/m0/s1. The minimum atomic E-state index is -0.0666. The van der Waals surface area contributed by atoms with Crippen molar-refractivity contribution in [1.82, 2.24) is 9.55 Å². The molecule has 1 N–H and O–H groups in total.